The van der Waals surface area contributed by atoms with Gasteiger partial charge in [-0.3, -0.25) is 0 Å². The number of benzene rings is 1. The molecule has 2 nitrogen and oxygen atoms in total. The third kappa shape index (κ3) is 1.56. The average molecular weight is 192 g/mol. The zero-order chi connectivity index (χ0) is 10.1. The molecule has 0 bridgehead atoms. The fourth-order valence-electron chi connectivity index (χ4n) is 2.14. The standard InChI is InChI=1S/C12H16O2/c1-8-3-4-9(2)12-10(8)5-6-14-7-11(12)13/h3-4,11,13H,5-7H2,1-2H3. The number of aryl methyl sites for hydroxylation is 2. The van der Waals surface area contributed by atoms with Crippen molar-refractivity contribution in [3.8, 4) is 0 Å². The van der Waals surface area contributed by atoms with Crippen LogP contribution in [0.1, 0.15) is 28.4 Å². The van der Waals surface area contributed by atoms with E-state index in [9.17, 15) is 5.11 Å². The zero-order valence-corrected chi connectivity index (χ0v) is 8.71. The second kappa shape index (κ2) is 3.71. The van der Waals surface area contributed by atoms with Gasteiger partial charge in [0.1, 0.15) is 6.10 Å². The summed E-state index contributed by atoms with van der Waals surface area (Å²) in [5.41, 5.74) is 4.79. The van der Waals surface area contributed by atoms with E-state index in [0.29, 0.717) is 13.2 Å². The molecule has 1 N–H and O–H groups in total. The van der Waals surface area contributed by atoms with E-state index in [4.69, 9.17) is 4.74 Å². The maximum absolute atomic E-state index is 9.92. The summed E-state index contributed by atoms with van der Waals surface area (Å²) in [5, 5.41) is 9.92. The first-order valence-electron chi connectivity index (χ1n) is 5.05. The van der Waals surface area contributed by atoms with Gasteiger partial charge in [0, 0.05) is 0 Å². The molecule has 1 aromatic carbocycles. The zero-order valence-electron chi connectivity index (χ0n) is 8.71. The molecule has 0 saturated heterocycles. The van der Waals surface area contributed by atoms with E-state index >= 15 is 0 Å². The van der Waals surface area contributed by atoms with Crippen LogP contribution in [0.25, 0.3) is 0 Å². The van der Waals surface area contributed by atoms with E-state index in [1.165, 1.54) is 16.7 Å². The molecule has 1 atom stereocenters. The lowest BCUT2D eigenvalue weighted by molar-refractivity contribution is 0.0449. The molecule has 0 saturated carbocycles. The Hall–Kier alpha value is -0.860. The maximum Gasteiger partial charge on any atom is 0.103 e. The van der Waals surface area contributed by atoms with E-state index in [2.05, 4.69) is 19.1 Å². The second-order valence-corrected chi connectivity index (χ2v) is 3.93. The van der Waals surface area contributed by atoms with Crippen molar-refractivity contribution in [1.29, 1.82) is 0 Å². The Balaban J connectivity index is 2.57. The number of hydrogen-bond acceptors (Lipinski definition) is 2. The first-order chi connectivity index (χ1) is 6.70. The van der Waals surface area contributed by atoms with Gasteiger partial charge < -0.3 is 9.84 Å². The summed E-state index contributed by atoms with van der Waals surface area (Å²) in [5.74, 6) is 0. The first kappa shape index (κ1) is 9.69. The van der Waals surface area contributed by atoms with Crippen molar-refractivity contribution in [3.63, 3.8) is 0 Å². The third-order valence-corrected chi connectivity index (χ3v) is 2.91. The summed E-state index contributed by atoms with van der Waals surface area (Å²) in [6.45, 7) is 5.29. The molecule has 14 heavy (non-hydrogen) atoms. The molecule has 2 heteroatoms. The Morgan fingerprint density at radius 3 is 2.79 bits per heavy atom. The molecule has 1 heterocycles. The van der Waals surface area contributed by atoms with Crippen LogP contribution in [-0.4, -0.2) is 18.3 Å². The summed E-state index contributed by atoms with van der Waals surface area (Å²) in [4.78, 5) is 0. The molecule has 2 rings (SSSR count). The minimum Gasteiger partial charge on any atom is -0.386 e. The number of hydrogen-bond donors (Lipinski definition) is 1. The van der Waals surface area contributed by atoms with E-state index in [1.54, 1.807) is 0 Å². The van der Waals surface area contributed by atoms with Gasteiger partial charge in [-0.1, -0.05) is 12.1 Å². The van der Waals surface area contributed by atoms with Crippen LogP contribution in [0.5, 0.6) is 0 Å². The van der Waals surface area contributed by atoms with Crippen LogP contribution in [0, 0.1) is 13.8 Å². The maximum atomic E-state index is 9.92. The van der Waals surface area contributed by atoms with E-state index in [-0.39, 0.29) is 0 Å². The predicted molar refractivity (Wildman–Crippen MR) is 55.4 cm³/mol. The van der Waals surface area contributed by atoms with Gasteiger partial charge >= 0.3 is 0 Å². The lowest BCUT2D eigenvalue weighted by Crippen LogP contribution is -2.07. The number of aliphatic hydroxyl groups excluding tert-OH is 1. The van der Waals surface area contributed by atoms with Crippen LogP contribution < -0.4 is 0 Å². The average Bonchev–Trinajstić information content (AvgIpc) is 2.35. The molecule has 76 valence electrons. The highest BCUT2D eigenvalue weighted by molar-refractivity contribution is 5.42. The molecule has 0 spiro atoms. The van der Waals surface area contributed by atoms with Crippen LogP contribution in [-0.2, 0) is 11.2 Å². The van der Waals surface area contributed by atoms with Crippen LogP contribution in [0.15, 0.2) is 12.1 Å². The highest BCUT2D eigenvalue weighted by Crippen LogP contribution is 2.28. The van der Waals surface area contributed by atoms with Gasteiger partial charge in [-0.15, -0.1) is 0 Å². The van der Waals surface area contributed by atoms with Crippen molar-refractivity contribution < 1.29 is 9.84 Å². The molecule has 0 amide bonds. The third-order valence-electron chi connectivity index (χ3n) is 2.91. The Bertz CT molecular complexity index is 344. The lowest BCUT2D eigenvalue weighted by atomic mass is 9.92. The molecular weight excluding hydrogens is 176 g/mol. The first-order valence-corrected chi connectivity index (χ1v) is 5.05. The molecule has 1 aromatic rings. The molecule has 0 aliphatic carbocycles. The number of ether oxygens (including phenoxy) is 1. The van der Waals surface area contributed by atoms with Crippen LogP contribution in [0.4, 0.5) is 0 Å². The number of rotatable bonds is 0. The Morgan fingerprint density at radius 2 is 2.00 bits per heavy atom. The highest BCUT2D eigenvalue weighted by atomic mass is 16.5. The smallest absolute Gasteiger partial charge is 0.103 e. The summed E-state index contributed by atoms with van der Waals surface area (Å²) in [7, 11) is 0. The Morgan fingerprint density at radius 1 is 1.29 bits per heavy atom. The SMILES string of the molecule is Cc1ccc(C)c2c1CCOCC2O. The quantitative estimate of drug-likeness (QED) is 0.680. The van der Waals surface area contributed by atoms with Gasteiger partial charge in [0.25, 0.3) is 0 Å². The van der Waals surface area contributed by atoms with Gasteiger partial charge in [0.2, 0.25) is 0 Å². The molecule has 1 aliphatic heterocycles. The van der Waals surface area contributed by atoms with Crippen molar-refractivity contribution in [2.24, 2.45) is 0 Å². The van der Waals surface area contributed by atoms with Crippen LogP contribution in [0.2, 0.25) is 0 Å². The molecule has 1 unspecified atom stereocenters. The largest absolute Gasteiger partial charge is 0.386 e. The number of fused-ring (bicyclic) bond motifs is 1. The monoisotopic (exact) mass is 192 g/mol. The molecule has 0 fully saturated rings. The van der Waals surface area contributed by atoms with Gasteiger partial charge in [-0.2, -0.15) is 0 Å². The molecule has 1 aliphatic rings. The highest BCUT2D eigenvalue weighted by Gasteiger charge is 2.19. The second-order valence-electron chi connectivity index (χ2n) is 3.93. The Kier molecular flexibility index (Phi) is 2.57. The normalized spacial score (nSPS) is 21.5. The minimum absolute atomic E-state index is 0.428. The topological polar surface area (TPSA) is 29.5 Å². The van der Waals surface area contributed by atoms with Crippen molar-refractivity contribution in [3.05, 3.63) is 34.4 Å². The molecule has 0 aromatic heterocycles. The van der Waals surface area contributed by atoms with Crippen molar-refractivity contribution in [2.45, 2.75) is 26.4 Å². The molecule has 0 radical (unpaired) electrons. The molecular formula is C12H16O2. The van der Waals surface area contributed by atoms with E-state index in [0.717, 1.165) is 12.0 Å². The van der Waals surface area contributed by atoms with Crippen LogP contribution >= 0.6 is 0 Å². The van der Waals surface area contributed by atoms with Gasteiger partial charge in [0.15, 0.2) is 0 Å². The summed E-state index contributed by atoms with van der Waals surface area (Å²) < 4.78 is 5.35. The van der Waals surface area contributed by atoms with Crippen molar-refractivity contribution in [1.82, 2.24) is 0 Å². The fraction of sp³-hybridized carbons (Fsp3) is 0.500. The summed E-state index contributed by atoms with van der Waals surface area (Å²) in [6.07, 6.45) is 0.465. The van der Waals surface area contributed by atoms with E-state index < -0.39 is 6.10 Å². The van der Waals surface area contributed by atoms with Crippen molar-refractivity contribution >= 4 is 0 Å². The van der Waals surface area contributed by atoms with E-state index in [1.807, 2.05) is 6.92 Å². The number of aliphatic hydroxyl groups is 1. The summed E-state index contributed by atoms with van der Waals surface area (Å²) >= 11 is 0. The lowest BCUT2D eigenvalue weighted by Gasteiger charge is -2.15. The van der Waals surface area contributed by atoms with Gasteiger partial charge in [-0.05, 0) is 42.5 Å². The van der Waals surface area contributed by atoms with Crippen LogP contribution in [0.3, 0.4) is 0 Å². The van der Waals surface area contributed by atoms with Gasteiger partial charge in [0.05, 0.1) is 13.2 Å². The van der Waals surface area contributed by atoms with Crippen molar-refractivity contribution in [2.75, 3.05) is 13.2 Å². The fourth-order valence-corrected chi connectivity index (χ4v) is 2.14. The summed E-state index contributed by atoms with van der Waals surface area (Å²) in [6, 6.07) is 4.19. The minimum atomic E-state index is -0.451. The van der Waals surface area contributed by atoms with Gasteiger partial charge in [-0.25, -0.2) is 0 Å². The Labute approximate surface area is 84.5 Å². The predicted octanol–water partition coefficient (Wildman–Crippen LogP) is 1.91.